The first-order valence-corrected chi connectivity index (χ1v) is 7.87. The third-order valence-corrected chi connectivity index (χ3v) is 4.83. The maximum atomic E-state index is 13.0. The van der Waals surface area contributed by atoms with E-state index in [0.29, 0.717) is 18.0 Å². The highest BCUT2D eigenvalue weighted by Crippen LogP contribution is 2.36. The second-order valence-electron chi connectivity index (χ2n) is 6.61. The van der Waals surface area contributed by atoms with Gasteiger partial charge in [0.1, 0.15) is 0 Å². The van der Waals surface area contributed by atoms with Crippen molar-refractivity contribution < 1.29 is 4.79 Å². The van der Waals surface area contributed by atoms with Gasteiger partial charge < -0.3 is 15.1 Å². The van der Waals surface area contributed by atoms with E-state index in [1.807, 2.05) is 12.1 Å². The summed E-state index contributed by atoms with van der Waals surface area (Å²) in [4.78, 5) is 17.2. The summed E-state index contributed by atoms with van der Waals surface area (Å²) < 4.78 is 0. The molecule has 0 spiro atoms. The average molecular weight is 287 g/mol. The number of carbonyl (C=O) groups is 1. The number of likely N-dealkylation sites (N-methyl/N-ethyl adjacent to an activating group) is 1. The molecule has 3 unspecified atom stereocenters. The molecule has 2 aliphatic heterocycles. The lowest BCUT2D eigenvalue weighted by atomic mass is 9.86. The van der Waals surface area contributed by atoms with Crippen molar-refractivity contribution in [1.29, 1.82) is 0 Å². The van der Waals surface area contributed by atoms with Crippen LogP contribution in [0.1, 0.15) is 31.2 Å². The summed E-state index contributed by atoms with van der Waals surface area (Å²) in [5, 5.41) is 3.48. The van der Waals surface area contributed by atoms with Crippen LogP contribution in [-0.4, -0.2) is 55.0 Å². The fourth-order valence-corrected chi connectivity index (χ4v) is 3.55. The number of hydrogen-bond acceptors (Lipinski definition) is 3. The van der Waals surface area contributed by atoms with Crippen LogP contribution >= 0.6 is 0 Å². The van der Waals surface area contributed by atoms with Crippen LogP contribution in [0.15, 0.2) is 24.3 Å². The van der Waals surface area contributed by atoms with Gasteiger partial charge in [-0.2, -0.15) is 0 Å². The molecule has 3 rings (SSSR count). The van der Waals surface area contributed by atoms with E-state index in [-0.39, 0.29) is 5.92 Å². The van der Waals surface area contributed by atoms with E-state index in [1.165, 1.54) is 0 Å². The average Bonchev–Trinajstić information content (AvgIpc) is 2.95. The molecule has 0 aliphatic carbocycles. The highest BCUT2D eigenvalue weighted by atomic mass is 16.2. The normalized spacial score (nSPS) is 28.4. The third-order valence-electron chi connectivity index (χ3n) is 4.83. The molecule has 0 radical (unpaired) electrons. The predicted octanol–water partition coefficient (Wildman–Crippen LogP) is 2.14. The Morgan fingerprint density at radius 1 is 1.33 bits per heavy atom. The molecule has 0 saturated carbocycles. The number of hydrogen-bond donors (Lipinski definition) is 1. The van der Waals surface area contributed by atoms with Crippen molar-refractivity contribution in [2.24, 2.45) is 0 Å². The third kappa shape index (κ3) is 2.77. The fraction of sp³-hybridized carbons (Fsp3) is 0.588. The number of nitrogens with one attached hydrogen (secondary N) is 1. The highest BCUT2D eigenvalue weighted by molar-refractivity contribution is 5.86. The van der Waals surface area contributed by atoms with Crippen molar-refractivity contribution in [1.82, 2.24) is 9.80 Å². The van der Waals surface area contributed by atoms with Crippen LogP contribution in [0, 0.1) is 0 Å². The second kappa shape index (κ2) is 5.68. The zero-order valence-corrected chi connectivity index (χ0v) is 13.2. The molecule has 114 valence electrons. The van der Waals surface area contributed by atoms with E-state index in [0.717, 1.165) is 37.2 Å². The number of benzene rings is 1. The molecule has 1 amide bonds. The quantitative estimate of drug-likeness (QED) is 0.905. The smallest absolute Gasteiger partial charge is 0.230 e. The van der Waals surface area contributed by atoms with Crippen LogP contribution in [0.3, 0.4) is 0 Å². The van der Waals surface area contributed by atoms with Crippen molar-refractivity contribution in [2.75, 3.05) is 32.5 Å². The number of rotatable bonds is 2. The number of fused-ring (bicyclic) bond motifs is 1. The van der Waals surface area contributed by atoms with E-state index in [4.69, 9.17) is 0 Å². The molecular weight excluding hydrogens is 262 g/mol. The molecule has 3 atom stereocenters. The Morgan fingerprint density at radius 2 is 2.10 bits per heavy atom. The van der Waals surface area contributed by atoms with Gasteiger partial charge in [-0.15, -0.1) is 0 Å². The Hall–Kier alpha value is -1.55. The minimum atomic E-state index is 0.0124. The van der Waals surface area contributed by atoms with E-state index in [9.17, 15) is 4.79 Å². The van der Waals surface area contributed by atoms with Gasteiger partial charge >= 0.3 is 0 Å². The van der Waals surface area contributed by atoms with E-state index >= 15 is 0 Å². The SMILES string of the molecule is CC1CC(C(=O)N2CCC(N(C)C)C2)c2ccccc2N1. The van der Waals surface area contributed by atoms with Crippen molar-refractivity contribution >= 4 is 11.6 Å². The van der Waals surface area contributed by atoms with Gasteiger partial charge in [-0.3, -0.25) is 4.79 Å². The zero-order chi connectivity index (χ0) is 15.0. The second-order valence-corrected chi connectivity index (χ2v) is 6.61. The largest absolute Gasteiger partial charge is 0.382 e. The first-order valence-electron chi connectivity index (χ1n) is 7.87. The Kier molecular flexibility index (Phi) is 3.89. The van der Waals surface area contributed by atoms with Gasteiger partial charge in [0.25, 0.3) is 0 Å². The van der Waals surface area contributed by atoms with Gasteiger partial charge in [-0.05, 0) is 45.5 Å². The molecule has 2 heterocycles. The molecular formula is C17H25N3O. The van der Waals surface area contributed by atoms with Crippen molar-refractivity contribution in [3.05, 3.63) is 29.8 Å². The topological polar surface area (TPSA) is 35.6 Å². The standard InChI is InChI=1S/C17H25N3O/c1-12-10-15(14-6-4-5-7-16(14)18-12)17(21)20-9-8-13(11-20)19(2)3/h4-7,12-13,15,18H,8-11H2,1-3H3. The molecule has 21 heavy (non-hydrogen) atoms. The van der Waals surface area contributed by atoms with Gasteiger partial charge in [0.15, 0.2) is 0 Å². The van der Waals surface area contributed by atoms with Crippen LogP contribution in [0.25, 0.3) is 0 Å². The Labute approximate surface area is 127 Å². The van der Waals surface area contributed by atoms with E-state index in [1.54, 1.807) is 0 Å². The van der Waals surface area contributed by atoms with Crippen LogP contribution < -0.4 is 5.32 Å². The number of nitrogens with zero attached hydrogens (tertiary/aromatic N) is 2. The lowest BCUT2D eigenvalue weighted by Crippen LogP contribution is -2.39. The Bertz CT molecular complexity index is 529. The van der Waals surface area contributed by atoms with Crippen LogP contribution in [0.2, 0.25) is 0 Å². The summed E-state index contributed by atoms with van der Waals surface area (Å²) in [7, 11) is 4.20. The Balaban J connectivity index is 1.79. The summed E-state index contributed by atoms with van der Waals surface area (Å²) in [6.45, 7) is 3.91. The predicted molar refractivity (Wildman–Crippen MR) is 85.6 cm³/mol. The van der Waals surface area contributed by atoms with Gasteiger partial charge in [-0.25, -0.2) is 0 Å². The van der Waals surface area contributed by atoms with Crippen LogP contribution in [-0.2, 0) is 4.79 Å². The molecule has 4 nitrogen and oxygen atoms in total. The monoisotopic (exact) mass is 287 g/mol. The number of para-hydroxylation sites is 1. The molecule has 1 N–H and O–H groups in total. The molecule has 1 fully saturated rings. The van der Waals surface area contributed by atoms with Gasteiger partial charge in [0, 0.05) is 30.9 Å². The van der Waals surface area contributed by atoms with Crippen LogP contribution in [0.5, 0.6) is 0 Å². The molecule has 2 aliphatic rings. The zero-order valence-electron chi connectivity index (χ0n) is 13.2. The summed E-state index contributed by atoms with van der Waals surface area (Å²) in [5.41, 5.74) is 2.28. The van der Waals surface area contributed by atoms with Crippen LogP contribution in [0.4, 0.5) is 5.69 Å². The minimum absolute atomic E-state index is 0.0124. The molecule has 0 bridgehead atoms. The summed E-state index contributed by atoms with van der Waals surface area (Å²) in [5.74, 6) is 0.318. The van der Waals surface area contributed by atoms with Gasteiger partial charge in [0.05, 0.1) is 5.92 Å². The van der Waals surface area contributed by atoms with Crippen molar-refractivity contribution in [3.63, 3.8) is 0 Å². The van der Waals surface area contributed by atoms with Crippen molar-refractivity contribution in [3.8, 4) is 0 Å². The number of likely N-dealkylation sites (tertiary alicyclic amines) is 1. The van der Waals surface area contributed by atoms with Gasteiger partial charge in [-0.1, -0.05) is 18.2 Å². The summed E-state index contributed by atoms with van der Waals surface area (Å²) >= 11 is 0. The molecule has 1 aromatic carbocycles. The lowest BCUT2D eigenvalue weighted by Gasteiger charge is -2.33. The van der Waals surface area contributed by atoms with E-state index < -0.39 is 0 Å². The summed E-state index contributed by atoms with van der Waals surface area (Å²) in [6, 6.07) is 9.09. The maximum absolute atomic E-state index is 13.0. The fourth-order valence-electron chi connectivity index (χ4n) is 3.55. The number of amides is 1. The molecule has 0 aromatic heterocycles. The van der Waals surface area contributed by atoms with E-state index in [2.05, 4.69) is 48.3 Å². The molecule has 1 aromatic rings. The summed E-state index contributed by atoms with van der Waals surface area (Å²) in [6.07, 6.45) is 1.97. The number of carbonyl (C=O) groups excluding carboxylic acids is 1. The minimum Gasteiger partial charge on any atom is -0.382 e. The molecule has 1 saturated heterocycles. The van der Waals surface area contributed by atoms with Crippen molar-refractivity contribution in [2.45, 2.75) is 37.8 Å². The first-order chi connectivity index (χ1) is 10.1. The molecule has 4 heteroatoms. The number of anilines is 1. The van der Waals surface area contributed by atoms with Gasteiger partial charge in [0.2, 0.25) is 5.91 Å². The first kappa shape index (κ1) is 14.4. The Morgan fingerprint density at radius 3 is 2.81 bits per heavy atom. The highest BCUT2D eigenvalue weighted by Gasteiger charge is 2.35. The maximum Gasteiger partial charge on any atom is 0.230 e. The lowest BCUT2D eigenvalue weighted by molar-refractivity contribution is -0.132.